The van der Waals surface area contributed by atoms with Gasteiger partial charge in [0.2, 0.25) is 0 Å². The Bertz CT molecular complexity index is 664. The van der Waals surface area contributed by atoms with Crippen molar-refractivity contribution in [2.24, 2.45) is 0 Å². The molecule has 114 valence electrons. The molecule has 0 aliphatic carbocycles. The van der Waals surface area contributed by atoms with Crippen LogP contribution in [-0.2, 0) is 11.3 Å². The summed E-state index contributed by atoms with van der Waals surface area (Å²) in [6.45, 7) is 0.517. The van der Waals surface area contributed by atoms with E-state index in [1.54, 1.807) is 17.6 Å². The summed E-state index contributed by atoms with van der Waals surface area (Å²) < 4.78 is 42.2. The average molecular weight is 302 g/mol. The fraction of sp³-hybridized carbons (Fsp3) is 0.385. The van der Waals surface area contributed by atoms with Crippen molar-refractivity contribution in [1.29, 1.82) is 0 Å². The van der Waals surface area contributed by atoms with Gasteiger partial charge >= 0.3 is 12.1 Å². The number of aromatic carboxylic acids is 1. The summed E-state index contributed by atoms with van der Waals surface area (Å²) in [5, 5.41) is 8.91. The van der Waals surface area contributed by atoms with Gasteiger partial charge in [-0.15, -0.1) is 0 Å². The molecule has 0 saturated heterocycles. The van der Waals surface area contributed by atoms with Gasteiger partial charge in [-0.2, -0.15) is 13.2 Å². The van der Waals surface area contributed by atoms with Crippen LogP contribution in [0.5, 0.6) is 0 Å². The summed E-state index contributed by atoms with van der Waals surface area (Å²) in [7, 11) is 0. The second kappa shape index (κ2) is 5.72. The molecule has 0 aliphatic rings. The van der Waals surface area contributed by atoms with Gasteiger partial charge in [-0.25, -0.2) is 9.78 Å². The quantitative estimate of drug-likeness (QED) is 0.862. The molecule has 0 spiro atoms. The van der Waals surface area contributed by atoms with Crippen LogP contribution in [0.2, 0.25) is 0 Å². The number of aryl methyl sites for hydroxylation is 1. The predicted octanol–water partition coefficient (Wildman–Crippen LogP) is 2.62. The largest absolute Gasteiger partial charge is 0.478 e. The first-order valence-corrected chi connectivity index (χ1v) is 6.12. The highest BCUT2D eigenvalue weighted by molar-refractivity contribution is 5.92. The number of hydrogen-bond donors (Lipinski definition) is 1. The number of carbonyl (C=O) groups is 1. The highest BCUT2D eigenvalue weighted by Crippen LogP contribution is 2.18. The Hall–Kier alpha value is -2.09. The molecule has 2 aromatic rings. The molecule has 8 heteroatoms. The molecule has 0 aliphatic heterocycles. The van der Waals surface area contributed by atoms with Crippen LogP contribution >= 0.6 is 0 Å². The fourth-order valence-electron chi connectivity index (χ4n) is 2.01. The molecule has 0 radical (unpaired) electrons. The molecular weight excluding hydrogens is 289 g/mol. The molecule has 1 aromatic heterocycles. The standard InChI is InChI=1S/C13H13F3N2O3/c1-8-17-10-6-9(12(19)20)2-3-11(10)18(8)4-5-21-7-13(14,15)16/h2-3,6H,4-5,7H2,1H3,(H,19,20). The number of hydrogen-bond acceptors (Lipinski definition) is 3. The Morgan fingerprint density at radius 1 is 1.43 bits per heavy atom. The van der Waals surface area contributed by atoms with Crippen LogP contribution in [0.1, 0.15) is 16.2 Å². The zero-order valence-electron chi connectivity index (χ0n) is 11.1. The number of carboxylic acids is 1. The molecule has 1 heterocycles. The number of imidazole rings is 1. The summed E-state index contributed by atoms with van der Waals surface area (Å²) in [4.78, 5) is 15.1. The van der Waals surface area contributed by atoms with Crippen molar-refractivity contribution < 1.29 is 27.8 Å². The van der Waals surface area contributed by atoms with E-state index in [1.165, 1.54) is 12.1 Å². The number of fused-ring (bicyclic) bond motifs is 1. The first-order chi connectivity index (χ1) is 9.78. The van der Waals surface area contributed by atoms with Crippen LogP contribution in [0, 0.1) is 6.92 Å². The lowest BCUT2D eigenvalue weighted by molar-refractivity contribution is -0.174. The number of aromatic nitrogens is 2. The van der Waals surface area contributed by atoms with Gasteiger partial charge in [0.1, 0.15) is 12.4 Å². The van der Waals surface area contributed by atoms with Gasteiger partial charge in [0, 0.05) is 6.54 Å². The van der Waals surface area contributed by atoms with E-state index in [9.17, 15) is 18.0 Å². The lowest BCUT2D eigenvalue weighted by Gasteiger charge is -2.09. The van der Waals surface area contributed by atoms with Crippen LogP contribution in [0.25, 0.3) is 11.0 Å². The highest BCUT2D eigenvalue weighted by Gasteiger charge is 2.27. The third-order valence-corrected chi connectivity index (χ3v) is 2.91. The maximum Gasteiger partial charge on any atom is 0.411 e. The van der Waals surface area contributed by atoms with Gasteiger partial charge in [-0.05, 0) is 25.1 Å². The molecule has 0 saturated carbocycles. The topological polar surface area (TPSA) is 64.3 Å². The van der Waals surface area contributed by atoms with Gasteiger partial charge in [-0.1, -0.05) is 0 Å². The molecule has 2 rings (SSSR count). The van der Waals surface area contributed by atoms with Gasteiger partial charge in [0.25, 0.3) is 0 Å². The molecule has 1 N–H and O–H groups in total. The Kier molecular flexibility index (Phi) is 4.17. The first kappa shape index (κ1) is 15.3. The Labute approximate surface area is 118 Å². The van der Waals surface area contributed by atoms with E-state index in [0.29, 0.717) is 16.9 Å². The number of halogens is 3. The molecule has 0 bridgehead atoms. The van der Waals surface area contributed by atoms with E-state index in [2.05, 4.69) is 9.72 Å². The van der Waals surface area contributed by atoms with Crippen molar-refractivity contribution in [3.05, 3.63) is 29.6 Å². The van der Waals surface area contributed by atoms with Crippen molar-refractivity contribution in [1.82, 2.24) is 9.55 Å². The van der Waals surface area contributed by atoms with E-state index in [4.69, 9.17) is 5.11 Å². The molecule has 0 unspecified atom stereocenters. The summed E-state index contributed by atoms with van der Waals surface area (Å²) in [5.41, 5.74) is 1.26. The predicted molar refractivity (Wildman–Crippen MR) is 68.3 cm³/mol. The minimum Gasteiger partial charge on any atom is -0.478 e. The zero-order chi connectivity index (χ0) is 15.6. The second-order valence-corrected chi connectivity index (χ2v) is 4.49. The number of ether oxygens (including phenoxy) is 1. The molecule has 21 heavy (non-hydrogen) atoms. The van der Waals surface area contributed by atoms with Crippen molar-refractivity contribution in [3.8, 4) is 0 Å². The number of carboxylic acid groups (broad SMARTS) is 1. The molecular formula is C13H13F3N2O3. The zero-order valence-corrected chi connectivity index (χ0v) is 11.1. The molecule has 0 amide bonds. The number of nitrogens with zero attached hydrogens (tertiary/aromatic N) is 2. The van der Waals surface area contributed by atoms with Gasteiger partial charge in [0.05, 0.1) is 23.2 Å². The van der Waals surface area contributed by atoms with Crippen molar-refractivity contribution >= 4 is 17.0 Å². The minimum absolute atomic E-state index is 0.105. The maximum absolute atomic E-state index is 12.0. The van der Waals surface area contributed by atoms with Crippen LogP contribution in [-0.4, -0.2) is 40.0 Å². The van der Waals surface area contributed by atoms with E-state index >= 15 is 0 Å². The fourth-order valence-corrected chi connectivity index (χ4v) is 2.01. The van der Waals surface area contributed by atoms with Crippen LogP contribution in [0.3, 0.4) is 0 Å². The minimum atomic E-state index is -4.34. The number of rotatable bonds is 5. The molecule has 0 fully saturated rings. The summed E-state index contributed by atoms with van der Waals surface area (Å²) in [6, 6.07) is 4.44. The number of benzene rings is 1. The van der Waals surface area contributed by atoms with Crippen molar-refractivity contribution in [2.45, 2.75) is 19.6 Å². The highest BCUT2D eigenvalue weighted by atomic mass is 19.4. The van der Waals surface area contributed by atoms with Gasteiger partial charge < -0.3 is 14.4 Å². The average Bonchev–Trinajstić information content (AvgIpc) is 2.68. The molecule has 5 nitrogen and oxygen atoms in total. The molecule has 0 atom stereocenters. The lowest BCUT2D eigenvalue weighted by Crippen LogP contribution is -2.19. The smallest absolute Gasteiger partial charge is 0.411 e. The SMILES string of the molecule is Cc1nc2cc(C(=O)O)ccc2n1CCOCC(F)(F)F. The Morgan fingerprint density at radius 3 is 2.76 bits per heavy atom. The Morgan fingerprint density at radius 2 is 2.14 bits per heavy atom. The third-order valence-electron chi connectivity index (χ3n) is 2.91. The summed E-state index contributed by atoms with van der Waals surface area (Å²) in [5.74, 6) is -0.472. The maximum atomic E-state index is 12.0. The van der Waals surface area contributed by atoms with Gasteiger partial charge in [-0.3, -0.25) is 0 Å². The van der Waals surface area contributed by atoms with E-state index in [1.807, 2.05) is 0 Å². The Balaban J connectivity index is 2.13. The van der Waals surface area contributed by atoms with Crippen molar-refractivity contribution in [3.63, 3.8) is 0 Å². The van der Waals surface area contributed by atoms with Crippen molar-refractivity contribution in [2.75, 3.05) is 13.2 Å². The van der Waals surface area contributed by atoms with E-state index in [0.717, 1.165) is 0 Å². The van der Waals surface area contributed by atoms with E-state index < -0.39 is 18.8 Å². The van der Waals surface area contributed by atoms with E-state index in [-0.39, 0.29) is 18.7 Å². The van der Waals surface area contributed by atoms with Crippen LogP contribution in [0.15, 0.2) is 18.2 Å². The summed E-state index contributed by atoms with van der Waals surface area (Å²) in [6.07, 6.45) is -4.34. The van der Waals surface area contributed by atoms with Crippen LogP contribution < -0.4 is 0 Å². The molecule has 1 aromatic carbocycles. The second-order valence-electron chi connectivity index (χ2n) is 4.49. The van der Waals surface area contributed by atoms with Gasteiger partial charge in [0.15, 0.2) is 0 Å². The number of alkyl halides is 3. The lowest BCUT2D eigenvalue weighted by atomic mass is 10.2. The van der Waals surface area contributed by atoms with Crippen LogP contribution in [0.4, 0.5) is 13.2 Å². The monoisotopic (exact) mass is 302 g/mol. The third kappa shape index (κ3) is 3.72. The first-order valence-electron chi connectivity index (χ1n) is 6.12. The summed E-state index contributed by atoms with van der Waals surface area (Å²) >= 11 is 0. The normalized spacial score (nSPS) is 12.0.